The summed E-state index contributed by atoms with van der Waals surface area (Å²) in [6, 6.07) is 40.2. The average Bonchev–Trinajstić information content (AvgIpc) is 2.81. The fraction of sp³-hybridized carbons (Fsp3) is 0. The minimum Gasteiger partial charge on any atom is -0.0616 e. The normalized spacial score (nSPS) is 12.0. The van der Waals surface area contributed by atoms with E-state index in [0.29, 0.717) is 0 Å². The molecule has 7 aromatic rings. The molecule has 0 nitrogen and oxygen atoms in total. The third-order valence-corrected chi connectivity index (χ3v) is 6.55. The van der Waals surface area contributed by atoms with Gasteiger partial charge in [0.2, 0.25) is 0 Å². The van der Waals surface area contributed by atoms with Gasteiger partial charge in [0.1, 0.15) is 0 Å². The molecule has 0 atom stereocenters. The van der Waals surface area contributed by atoms with Crippen molar-refractivity contribution in [3.8, 4) is 0 Å². The summed E-state index contributed by atoms with van der Waals surface area (Å²) in [4.78, 5) is 0. The van der Waals surface area contributed by atoms with E-state index < -0.39 is 0 Å². The van der Waals surface area contributed by atoms with Crippen LogP contribution < -0.4 is 0 Å². The van der Waals surface area contributed by atoms with Crippen molar-refractivity contribution >= 4 is 64.6 Å². The fourth-order valence-electron chi connectivity index (χ4n) is 5.17. The van der Waals surface area contributed by atoms with Crippen molar-refractivity contribution in [2.45, 2.75) is 0 Å². The summed E-state index contributed by atoms with van der Waals surface area (Å²) in [5.41, 5.74) is 0. The van der Waals surface area contributed by atoms with Crippen molar-refractivity contribution in [2.24, 2.45) is 0 Å². The Hall–Kier alpha value is -3.90. The molecule has 30 heavy (non-hydrogen) atoms. The van der Waals surface area contributed by atoms with Crippen LogP contribution in [0.15, 0.2) is 109 Å². The molecule has 0 amide bonds. The predicted molar refractivity (Wildman–Crippen MR) is 131 cm³/mol. The molecule has 0 unspecified atom stereocenters. The zero-order chi connectivity index (χ0) is 19.7. The van der Waals surface area contributed by atoms with Crippen LogP contribution in [-0.4, -0.2) is 0 Å². The average molecular weight is 378 g/mol. The topological polar surface area (TPSA) is 0 Å². The van der Waals surface area contributed by atoms with E-state index in [1.165, 1.54) is 64.6 Å². The Labute approximate surface area is 174 Å². The van der Waals surface area contributed by atoms with Gasteiger partial charge in [0, 0.05) is 0 Å². The van der Waals surface area contributed by atoms with Crippen LogP contribution in [0.2, 0.25) is 0 Å². The standard InChI is InChI=1S/C30H18/c1-2-8-20-16-23-18-29-21(17-22(23)15-19(20)7-1)13-14-28-26-11-4-3-9-24(26)25-10-5-6-12-27(25)30(28)29/h1-18H. The van der Waals surface area contributed by atoms with Gasteiger partial charge in [-0.3, -0.25) is 0 Å². The number of hydrogen-bond acceptors (Lipinski definition) is 0. The molecule has 0 saturated heterocycles. The van der Waals surface area contributed by atoms with E-state index in [0.717, 1.165) is 0 Å². The van der Waals surface area contributed by atoms with Crippen LogP contribution in [0, 0.1) is 0 Å². The molecular weight excluding hydrogens is 360 g/mol. The van der Waals surface area contributed by atoms with Gasteiger partial charge in [0.15, 0.2) is 0 Å². The second kappa shape index (κ2) is 5.81. The van der Waals surface area contributed by atoms with Crippen LogP contribution in [0.1, 0.15) is 0 Å². The van der Waals surface area contributed by atoms with E-state index in [1.807, 2.05) is 0 Å². The van der Waals surface area contributed by atoms with Crippen molar-refractivity contribution in [1.82, 2.24) is 0 Å². The molecule has 0 saturated carbocycles. The lowest BCUT2D eigenvalue weighted by Gasteiger charge is -2.13. The van der Waals surface area contributed by atoms with Gasteiger partial charge in [-0.05, 0) is 88.9 Å². The van der Waals surface area contributed by atoms with Gasteiger partial charge >= 0.3 is 0 Å². The lowest BCUT2D eigenvalue weighted by molar-refractivity contribution is 1.78. The quantitative estimate of drug-likeness (QED) is 0.183. The molecule has 0 heteroatoms. The maximum Gasteiger partial charge on any atom is -0.00201 e. The Balaban J connectivity index is 1.75. The SMILES string of the molecule is c1ccc2cc3cc4c(ccc5c6ccccc6c6ccccc6c45)cc3cc2c1. The maximum absolute atomic E-state index is 2.39. The summed E-state index contributed by atoms with van der Waals surface area (Å²) in [5, 5.41) is 15.8. The largest absolute Gasteiger partial charge is 0.0616 e. The van der Waals surface area contributed by atoms with E-state index in [9.17, 15) is 0 Å². The second-order valence-corrected chi connectivity index (χ2v) is 8.20. The molecule has 0 aliphatic heterocycles. The van der Waals surface area contributed by atoms with Gasteiger partial charge in [-0.15, -0.1) is 0 Å². The summed E-state index contributed by atoms with van der Waals surface area (Å²) in [7, 11) is 0. The lowest BCUT2D eigenvalue weighted by Crippen LogP contribution is -1.86. The van der Waals surface area contributed by atoms with Crippen molar-refractivity contribution in [1.29, 1.82) is 0 Å². The van der Waals surface area contributed by atoms with Gasteiger partial charge in [-0.25, -0.2) is 0 Å². The van der Waals surface area contributed by atoms with Crippen LogP contribution in [0.25, 0.3) is 64.6 Å². The maximum atomic E-state index is 2.39. The Morgan fingerprint density at radius 2 is 0.733 bits per heavy atom. The molecule has 138 valence electrons. The molecular formula is C30H18. The molecule has 0 radical (unpaired) electrons. The molecule has 0 heterocycles. The first-order valence-corrected chi connectivity index (χ1v) is 10.5. The van der Waals surface area contributed by atoms with Crippen molar-refractivity contribution in [3.05, 3.63) is 109 Å². The van der Waals surface area contributed by atoms with Crippen molar-refractivity contribution in [2.75, 3.05) is 0 Å². The summed E-state index contributed by atoms with van der Waals surface area (Å²) in [6.07, 6.45) is 0. The van der Waals surface area contributed by atoms with Crippen molar-refractivity contribution in [3.63, 3.8) is 0 Å². The summed E-state index contributed by atoms with van der Waals surface area (Å²) in [5.74, 6) is 0. The second-order valence-electron chi connectivity index (χ2n) is 8.20. The molecule has 0 N–H and O–H groups in total. The first kappa shape index (κ1) is 16.0. The number of fused-ring (bicyclic) bond motifs is 10. The summed E-state index contributed by atoms with van der Waals surface area (Å²) in [6.45, 7) is 0. The molecule has 0 spiro atoms. The van der Waals surface area contributed by atoms with Gasteiger partial charge in [0.05, 0.1) is 0 Å². The third-order valence-electron chi connectivity index (χ3n) is 6.55. The Kier molecular flexibility index (Phi) is 3.09. The van der Waals surface area contributed by atoms with Crippen LogP contribution in [0.5, 0.6) is 0 Å². The van der Waals surface area contributed by atoms with Crippen LogP contribution >= 0.6 is 0 Å². The first-order chi connectivity index (χ1) is 14.9. The van der Waals surface area contributed by atoms with E-state index >= 15 is 0 Å². The minimum atomic E-state index is 1.29. The molecule has 7 rings (SSSR count). The van der Waals surface area contributed by atoms with E-state index in [2.05, 4.69) is 109 Å². The van der Waals surface area contributed by atoms with E-state index in [4.69, 9.17) is 0 Å². The Morgan fingerprint density at radius 1 is 0.267 bits per heavy atom. The highest BCUT2D eigenvalue weighted by atomic mass is 14.1. The molecule has 0 fully saturated rings. The predicted octanol–water partition coefficient (Wildman–Crippen LogP) is 8.61. The summed E-state index contributed by atoms with van der Waals surface area (Å²) < 4.78 is 0. The Bertz CT molecular complexity index is 1750. The molecule has 0 aliphatic carbocycles. The van der Waals surface area contributed by atoms with Crippen LogP contribution in [-0.2, 0) is 0 Å². The highest BCUT2D eigenvalue weighted by Gasteiger charge is 2.11. The van der Waals surface area contributed by atoms with Gasteiger partial charge in [0.25, 0.3) is 0 Å². The van der Waals surface area contributed by atoms with Gasteiger partial charge in [-0.2, -0.15) is 0 Å². The Morgan fingerprint density at radius 3 is 1.40 bits per heavy atom. The number of hydrogen-bond donors (Lipinski definition) is 0. The molecule has 0 aromatic heterocycles. The highest BCUT2D eigenvalue weighted by molar-refractivity contribution is 6.32. The zero-order valence-electron chi connectivity index (χ0n) is 16.4. The fourth-order valence-corrected chi connectivity index (χ4v) is 5.17. The van der Waals surface area contributed by atoms with Crippen molar-refractivity contribution < 1.29 is 0 Å². The minimum absolute atomic E-state index is 1.29. The smallest absolute Gasteiger partial charge is 0.00201 e. The number of benzene rings is 7. The van der Waals surface area contributed by atoms with Crippen LogP contribution in [0.3, 0.4) is 0 Å². The first-order valence-electron chi connectivity index (χ1n) is 10.5. The van der Waals surface area contributed by atoms with Gasteiger partial charge < -0.3 is 0 Å². The lowest BCUT2D eigenvalue weighted by atomic mass is 9.90. The zero-order valence-corrected chi connectivity index (χ0v) is 16.4. The van der Waals surface area contributed by atoms with Crippen LogP contribution in [0.4, 0.5) is 0 Å². The summed E-state index contributed by atoms with van der Waals surface area (Å²) >= 11 is 0. The number of rotatable bonds is 0. The van der Waals surface area contributed by atoms with Gasteiger partial charge in [-0.1, -0.05) is 84.9 Å². The van der Waals surface area contributed by atoms with E-state index in [-0.39, 0.29) is 0 Å². The monoisotopic (exact) mass is 378 g/mol. The molecule has 0 aliphatic rings. The van der Waals surface area contributed by atoms with E-state index in [1.54, 1.807) is 0 Å². The molecule has 7 aromatic carbocycles. The highest BCUT2D eigenvalue weighted by Crippen LogP contribution is 2.40. The molecule has 0 bridgehead atoms. The third kappa shape index (κ3) is 2.11.